The maximum absolute atomic E-state index is 11.6. The van der Waals surface area contributed by atoms with Gasteiger partial charge >= 0.3 is 0 Å². The lowest BCUT2D eigenvalue weighted by Crippen LogP contribution is -2.29. The van der Waals surface area contributed by atoms with E-state index in [1.807, 2.05) is 6.26 Å². The molecule has 0 atom stereocenters. The molecule has 0 saturated heterocycles. The zero-order valence-electron chi connectivity index (χ0n) is 8.60. The molecule has 1 rings (SSSR count). The minimum absolute atomic E-state index is 0.361. The largest absolute Gasteiger partial charge is 0.368 e. The number of primary amides is 1. The van der Waals surface area contributed by atoms with Crippen LogP contribution in [0.4, 0.5) is 0 Å². The number of nitrogens with zero attached hydrogens (tertiary/aromatic N) is 1. The first-order chi connectivity index (χ1) is 7.65. The number of hydrogen-bond acceptors (Lipinski definition) is 5. The molecule has 0 unspecified atom stereocenters. The molecule has 1 heterocycles. The quantitative estimate of drug-likeness (QED) is 0.556. The molecular weight excluding hydrogens is 230 g/mol. The second-order valence-electron chi connectivity index (χ2n) is 2.75. The topological polar surface area (TPSA) is 94.3 Å². The van der Waals surface area contributed by atoms with Crippen LogP contribution in [0.25, 0.3) is 0 Å². The normalized spacial score (nSPS) is 9.81. The number of pyridine rings is 1. The molecule has 0 spiro atoms. The Morgan fingerprint density at radius 2 is 2.38 bits per heavy atom. The van der Waals surface area contributed by atoms with Gasteiger partial charge in [0.25, 0.3) is 5.91 Å². The molecule has 1 aromatic rings. The smallest absolute Gasteiger partial charge is 0.277 e. The first kappa shape index (κ1) is 12.5. The van der Waals surface area contributed by atoms with E-state index in [1.54, 1.807) is 18.3 Å². The molecular formula is C9H11N3O3S. The lowest BCUT2D eigenvalue weighted by Gasteiger charge is -2.06. The van der Waals surface area contributed by atoms with E-state index < -0.39 is 11.8 Å². The van der Waals surface area contributed by atoms with E-state index in [1.165, 1.54) is 11.8 Å². The van der Waals surface area contributed by atoms with Gasteiger partial charge in [0, 0.05) is 6.20 Å². The van der Waals surface area contributed by atoms with Crippen molar-refractivity contribution in [2.24, 2.45) is 5.73 Å². The molecule has 0 aromatic carbocycles. The number of rotatable bonds is 5. The second kappa shape index (κ2) is 6.09. The van der Waals surface area contributed by atoms with E-state index in [2.05, 4.69) is 15.3 Å². The van der Waals surface area contributed by atoms with E-state index in [4.69, 9.17) is 5.73 Å². The molecule has 1 aromatic heterocycles. The van der Waals surface area contributed by atoms with Crippen molar-refractivity contribution in [3.63, 3.8) is 0 Å². The monoisotopic (exact) mass is 241 g/mol. The van der Waals surface area contributed by atoms with Crippen LogP contribution in [0.2, 0.25) is 0 Å². The Hall–Kier alpha value is -1.60. The molecule has 7 heteroatoms. The first-order valence-electron chi connectivity index (χ1n) is 4.34. The average Bonchev–Trinajstić information content (AvgIpc) is 2.28. The van der Waals surface area contributed by atoms with Gasteiger partial charge in [0.05, 0.1) is 5.56 Å². The van der Waals surface area contributed by atoms with Crippen molar-refractivity contribution < 1.29 is 14.4 Å². The molecule has 0 bridgehead atoms. The van der Waals surface area contributed by atoms with Gasteiger partial charge in [-0.1, -0.05) is 0 Å². The van der Waals surface area contributed by atoms with Crippen LogP contribution in [0.15, 0.2) is 23.4 Å². The lowest BCUT2D eigenvalue weighted by atomic mass is 10.3. The summed E-state index contributed by atoms with van der Waals surface area (Å²) in [6, 6.07) is 3.25. The van der Waals surface area contributed by atoms with Gasteiger partial charge in [0.15, 0.2) is 6.61 Å². The van der Waals surface area contributed by atoms with Crippen molar-refractivity contribution in [3.05, 3.63) is 23.9 Å². The highest BCUT2D eigenvalue weighted by atomic mass is 32.2. The van der Waals surface area contributed by atoms with Gasteiger partial charge in [0.2, 0.25) is 5.91 Å². The predicted octanol–water partition coefficient (Wildman–Crippen LogP) is -0.0498. The Labute approximate surface area is 96.5 Å². The van der Waals surface area contributed by atoms with Gasteiger partial charge < -0.3 is 5.73 Å². The van der Waals surface area contributed by atoms with Crippen LogP contribution in [0.3, 0.4) is 0 Å². The lowest BCUT2D eigenvalue weighted by molar-refractivity contribution is -0.124. The molecule has 0 aliphatic heterocycles. The van der Waals surface area contributed by atoms with Crippen molar-refractivity contribution in [2.75, 3.05) is 12.9 Å². The molecule has 0 aliphatic rings. The first-order valence-corrected chi connectivity index (χ1v) is 5.57. The van der Waals surface area contributed by atoms with E-state index in [-0.39, 0.29) is 6.61 Å². The molecule has 6 nitrogen and oxygen atoms in total. The number of hydrogen-bond donors (Lipinski definition) is 2. The summed E-state index contributed by atoms with van der Waals surface area (Å²) in [4.78, 5) is 30.6. The standard InChI is InChI=1S/C9H11N3O3S/c1-16-9-6(3-2-4-11-9)8(14)12-15-5-7(10)13/h2-4H,5H2,1H3,(H2,10,13)(H,12,14). The number of amides is 2. The zero-order valence-corrected chi connectivity index (χ0v) is 9.41. The summed E-state index contributed by atoms with van der Waals surface area (Å²) in [5.74, 6) is -1.12. The summed E-state index contributed by atoms with van der Waals surface area (Å²) >= 11 is 1.34. The third-order valence-corrected chi connectivity index (χ3v) is 2.30. The third-order valence-electron chi connectivity index (χ3n) is 1.59. The highest BCUT2D eigenvalue weighted by Gasteiger charge is 2.11. The second-order valence-corrected chi connectivity index (χ2v) is 3.54. The van der Waals surface area contributed by atoms with Gasteiger partial charge in [0.1, 0.15) is 5.03 Å². The van der Waals surface area contributed by atoms with Crippen molar-refractivity contribution in [1.29, 1.82) is 0 Å². The van der Waals surface area contributed by atoms with E-state index in [0.29, 0.717) is 10.6 Å². The van der Waals surface area contributed by atoms with Crippen LogP contribution >= 0.6 is 11.8 Å². The Morgan fingerprint density at radius 1 is 1.62 bits per heavy atom. The minimum Gasteiger partial charge on any atom is -0.368 e. The number of nitrogens with one attached hydrogen (secondary N) is 1. The van der Waals surface area contributed by atoms with Crippen LogP contribution in [0.5, 0.6) is 0 Å². The van der Waals surface area contributed by atoms with Crippen LogP contribution in [-0.4, -0.2) is 29.7 Å². The SMILES string of the molecule is CSc1ncccc1C(=O)NOCC(N)=O. The van der Waals surface area contributed by atoms with Gasteiger partial charge in [-0.25, -0.2) is 10.5 Å². The van der Waals surface area contributed by atoms with Crippen LogP contribution < -0.4 is 11.2 Å². The molecule has 0 saturated carbocycles. The Balaban J connectivity index is 2.62. The average molecular weight is 241 g/mol. The maximum Gasteiger partial charge on any atom is 0.277 e. The number of hydroxylamine groups is 1. The van der Waals surface area contributed by atoms with Gasteiger partial charge in [-0.05, 0) is 18.4 Å². The Kier molecular flexibility index (Phi) is 4.74. The fourth-order valence-electron chi connectivity index (χ4n) is 0.954. The van der Waals surface area contributed by atoms with E-state index >= 15 is 0 Å². The van der Waals surface area contributed by atoms with Crippen LogP contribution in [-0.2, 0) is 9.63 Å². The number of aromatic nitrogens is 1. The maximum atomic E-state index is 11.6. The van der Waals surface area contributed by atoms with Crippen LogP contribution in [0, 0.1) is 0 Å². The summed E-state index contributed by atoms with van der Waals surface area (Å²) < 4.78 is 0. The Bertz CT molecular complexity index is 397. The number of carbonyl (C=O) groups is 2. The van der Waals surface area contributed by atoms with Crippen molar-refractivity contribution in [2.45, 2.75) is 5.03 Å². The number of carbonyl (C=O) groups excluding carboxylic acids is 2. The number of nitrogens with two attached hydrogens (primary N) is 1. The molecule has 3 N–H and O–H groups in total. The zero-order chi connectivity index (χ0) is 12.0. The van der Waals surface area contributed by atoms with Crippen LogP contribution in [0.1, 0.15) is 10.4 Å². The van der Waals surface area contributed by atoms with E-state index in [9.17, 15) is 9.59 Å². The van der Waals surface area contributed by atoms with Crippen molar-refractivity contribution >= 4 is 23.6 Å². The summed E-state index contributed by atoms with van der Waals surface area (Å²) in [5, 5.41) is 0.586. The van der Waals surface area contributed by atoms with E-state index in [0.717, 1.165) is 0 Å². The molecule has 0 aliphatic carbocycles. The fraction of sp³-hybridized carbons (Fsp3) is 0.222. The fourth-order valence-corrected chi connectivity index (χ4v) is 1.50. The molecule has 86 valence electrons. The van der Waals surface area contributed by atoms with Gasteiger partial charge in [-0.15, -0.1) is 11.8 Å². The molecule has 2 amide bonds. The highest BCUT2D eigenvalue weighted by molar-refractivity contribution is 7.98. The van der Waals surface area contributed by atoms with Crippen molar-refractivity contribution in [3.8, 4) is 0 Å². The van der Waals surface area contributed by atoms with Gasteiger partial charge in [-0.2, -0.15) is 0 Å². The van der Waals surface area contributed by atoms with Gasteiger partial charge in [-0.3, -0.25) is 14.4 Å². The van der Waals surface area contributed by atoms with Crippen molar-refractivity contribution in [1.82, 2.24) is 10.5 Å². The summed E-state index contributed by atoms with van der Waals surface area (Å²) in [6.45, 7) is -0.361. The molecule has 0 fully saturated rings. The minimum atomic E-state index is -0.656. The Morgan fingerprint density at radius 3 is 3.00 bits per heavy atom. The summed E-state index contributed by atoms with van der Waals surface area (Å²) in [7, 11) is 0. The molecule has 16 heavy (non-hydrogen) atoms. The summed E-state index contributed by atoms with van der Waals surface area (Å²) in [6.07, 6.45) is 3.40. The summed E-state index contributed by atoms with van der Waals surface area (Å²) in [5.41, 5.74) is 7.34. The third kappa shape index (κ3) is 3.52. The molecule has 0 radical (unpaired) electrons. The predicted molar refractivity (Wildman–Crippen MR) is 58.6 cm³/mol. The highest BCUT2D eigenvalue weighted by Crippen LogP contribution is 2.16. The number of thioether (sulfide) groups is 1.